The van der Waals surface area contributed by atoms with Gasteiger partial charge < -0.3 is 14.8 Å². The first-order chi connectivity index (χ1) is 17.8. The molecule has 0 aliphatic heterocycles. The molecule has 0 aliphatic rings. The van der Waals surface area contributed by atoms with Crippen LogP contribution in [0.4, 0.5) is 19.0 Å². The Morgan fingerprint density at radius 1 is 0.946 bits per heavy atom. The molecule has 10 heteroatoms. The lowest BCUT2D eigenvalue weighted by atomic mass is 9.91. The van der Waals surface area contributed by atoms with E-state index in [0.717, 1.165) is 23.5 Å². The van der Waals surface area contributed by atoms with Crippen molar-refractivity contribution in [2.75, 3.05) is 12.4 Å². The van der Waals surface area contributed by atoms with Gasteiger partial charge in [-0.2, -0.15) is 18.2 Å². The molecule has 2 aromatic carbocycles. The maximum Gasteiger partial charge on any atom is 0.416 e. The topological polar surface area (TPSA) is 86.2 Å². The molecule has 0 saturated heterocycles. The van der Waals surface area contributed by atoms with Gasteiger partial charge in [-0.15, -0.1) is 0 Å². The Labute approximate surface area is 211 Å². The van der Waals surface area contributed by atoms with Crippen LogP contribution in [-0.4, -0.2) is 28.0 Å². The zero-order valence-electron chi connectivity index (χ0n) is 19.8. The number of rotatable bonds is 9. The number of methoxy groups -OCH3 is 1. The predicted molar refractivity (Wildman–Crippen MR) is 130 cm³/mol. The maximum atomic E-state index is 13.0. The average molecular weight is 509 g/mol. The highest BCUT2D eigenvalue weighted by molar-refractivity contribution is 5.71. The van der Waals surface area contributed by atoms with Gasteiger partial charge in [0, 0.05) is 24.9 Å². The summed E-state index contributed by atoms with van der Waals surface area (Å²) in [5.41, 5.74) is 1.12. The Morgan fingerprint density at radius 2 is 1.70 bits per heavy atom. The van der Waals surface area contributed by atoms with E-state index in [1.54, 1.807) is 24.4 Å². The van der Waals surface area contributed by atoms with Crippen LogP contribution in [0.2, 0.25) is 0 Å². The van der Waals surface area contributed by atoms with Crippen LogP contribution < -0.4 is 10.1 Å². The van der Waals surface area contributed by atoms with E-state index in [-0.39, 0.29) is 12.4 Å². The van der Waals surface area contributed by atoms with Crippen molar-refractivity contribution in [3.05, 3.63) is 108 Å². The van der Waals surface area contributed by atoms with Gasteiger partial charge in [-0.05, 0) is 53.6 Å². The van der Waals surface area contributed by atoms with Crippen molar-refractivity contribution >= 4 is 11.8 Å². The molecule has 1 atom stereocenters. The van der Waals surface area contributed by atoms with Crippen LogP contribution in [0.5, 0.6) is 11.8 Å². The van der Waals surface area contributed by atoms with Crippen molar-refractivity contribution in [2.45, 2.75) is 25.1 Å². The van der Waals surface area contributed by atoms with Gasteiger partial charge in [-0.3, -0.25) is 4.79 Å². The first-order valence-electron chi connectivity index (χ1n) is 11.3. The van der Waals surface area contributed by atoms with Gasteiger partial charge in [-0.25, -0.2) is 9.97 Å². The Hall–Kier alpha value is -4.47. The third kappa shape index (κ3) is 7.03. The molecule has 0 spiro atoms. The van der Waals surface area contributed by atoms with E-state index >= 15 is 0 Å². The van der Waals surface area contributed by atoms with Crippen molar-refractivity contribution in [2.24, 2.45) is 0 Å². The monoisotopic (exact) mass is 508 g/mol. The number of nitrogens with one attached hydrogen (secondary N) is 1. The lowest BCUT2D eigenvalue weighted by Crippen LogP contribution is -2.13. The minimum atomic E-state index is -4.46. The molecule has 0 radical (unpaired) electrons. The van der Waals surface area contributed by atoms with Gasteiger partial charge >= 0.3 is 18.2 Å². The minimum absolute atomic E-state index is 0.0404. The minimum Gasteiger partial charge on any atom is -0.469 e. The number of carbonyl (C=O) groups excluding carboxylic acids is 1. The molecule has 7 nitrogen and oxygen atoms in total. The molecule has 4 rings (SSSR count). The van der Waals surface area contributed by atoms with E-state index in [1.165, 1.54) is 25.4 Å². The van der Waals surface area contributed by atoms with Crippen LogP contribution in [0, 0.1) is 0 Å². The van der Waals surface area contributed by atoms with E-state index in [1.807, 2.05) is 30.3 Å². The van der Waals surface area contributed by atoms with E-state index in [2.05, 4.69) is 20.3 Å². The van der Waals surface area contributed by atoms with Crippen LogP contribution in [0.1, 0.15) is 34.7 Å². The SMILES string of the molecule is COC(=O)CC(c1ccc(C(F)(F)F)cc1)c1ccnc(Oc2ccc(CNc3ccccn3)cc2)n1. The summed E-state index contributed by atoms with van der Waals surface area (Å²) in [6.07, 6.45) is -1.40. The quantitative estimate of drug-likeness (QED) is 0.278. The van der Waals surface area contributed by atoms with E-state index in [9.17, 15) is 18.0 Å². The smallest absolute Gasteiger partial charge is 0.416 e. The Morgan fingerprint density at radius 3 is 2.35 bits per heavy atom. The summed E-state index contributed by atoms with van der Waals surface area (Å²) in [6, 6.07) is 19.2. The molecule has 1 unspecified atom stereocenters. The number of hydrogen-bond donors (Lipinski definition) is 1. The average Bonchev–Trinajstić information content (AvgIpc) is 2.91. The predicted octanol–water partition coefficient (Wildman–Crippen LogP) is 5.99. The van der Waals surface area contributed by atoms with Crippen LogP contribution in [0.3, 0.4) is 0 Å². The fourth-order valence-electron chi connectivity index (χ4n) is 3.59. The Balaban J connectivity index is 1.49. The molecule has 0 bridgehead atoms. The fourth-order valence-corrected chi connectivity index (χ4v) is 3.59. The van der Waals surface area contributed by atoms with Crippen LogP contribution >= 0.6 is 0 Å². The molecule has 0 aliphatic carbocycles. The first-order valence-corrected chi connectivity index (χ1v) is 11.3. The van der Waals surface area contributed by atoms with Crippen LogP contribution in [0.25, 0.3) is 0 Å². The molecule has 0 saturated carbocycles. The molecule has 190 valence electrons. The zero-order chi connectivity index (χ0) is 26.3. The summed E-state index contributed by atoms with van der Waals surface area (Å²) < 4.78 is 49.6. The molecule has 2 aromatic heterocycles. The number of ether oxygens (including phenoxy) is 2. The van der Waals surface area contributed by atoms with Crippen molar-refractivity contribution in [3.63, 3.8) is 0 Å². The maximum absolute atomic E-state index is 13.0. The number of carbonyl (C=O) groups is 1. The second-order valence-electron chi connectivity index (χ2n) is 8.03. The number of anilines is 1. The highest BCUT2D eigenvalue weighted by atomic mass is 19.4. The molecule has 1 N–H and O–H groups in total. The molecule has 0 amide bonds. The molecule has 37 heavy (non-hydrogen) atoms. The highest BCUT2D eigenvalue weighted by Crippen LogP contribution is 2.33. The van der Waals surface area contributed by atoms with Crippen molar-refractivity contribution in [3.8, 4) is 11.8 Å². The summed E-state index contributed by atoms with van der Waals surface area (Å²) >= 11 is 0. The van der Waals surface area contributed by atoms with Crippen molar-refractivity contribution < 1.29 is 27.4 Å². The van der Waals surface area contributed by atoms with Gasteiger partial charge in [0.1, 0.15) is 11.6 Å². The normalized spacial score (nSPS) is 12.0. The van der Waals surface area contributed by atoms with Gasteiger partial charge in [0.2, 0.25) is 0 Å². The van der Waals surface area contributed by atoms with E-state index in [4.69, 9.17) is 9.47 Å². The molecular weight excluding hydrogens is 485 g/mol. The van der Waals surface area contributed by atoms with E-state index in [0.29, 0.717) is 23.6 Å². The lowest BCUT2D eigenvalue weighted by Gasteiger charge is -2.17. The van der Waals surface area contributed by atoms with E-state index < -0.39 is 23.6 Å². The summed E-state index contributed by atoms with van der Waals surface area (Å²) in [5, 5.41) is 3.22. The third-order valence-electron chi connectivity index (χ3n) is 5.52. The number of nitrogens with zero attached hydrogens (tertiary/aromatic N) is 3. The number of halogens is 3. The standard InChI is InChI=1S/C27H23F3N4O3/c1-36-25(35)16-22(19-7-9-20(10-8-19)27(28,29)30)23-13-15-32-26(34-23)37-21-11-5-18(6-12-21)17-33-24-4-2-3-14-31-24/h2-15,22H,16-17H2,1H3,(H,31,33). The number of pyridine rings is 1. The molecular formula is C27H23F3N4O3. The lowest BCUT2D eigenvalue weighted by molar-refractivity contribution is -0.141. The fraction of sp³-hybridized carbons (Fsp3) is 0.185. The number of benzene rings is 2. The van der Waals surface area contributed by atoms with Gasteiger partial charge in [0.15, 0.2) is 0 Å². The van der Waals surface area contributed by atoms with Crippen molar-refractivity contribution in [1.29, 1.82) is 0 Å². The van der Waals surface area contributed by atoms with Gasteiger partial charge in [-0.1, -0.05) is 30.3 Å². The largest absolute Gasteiger partial charge is 0.469 e. The van der Waals surface area contributed by atoms with Gasteiger partial charge in [0.25, 0.3) is 0 Å². The summed E-state index contributed by atoms with van der Waals surface area (Å²) in [4.78, 5) is 24.8. The Kier molecular flexibility index (Phi) is 7.97. The second-order valence-corrected chi connectivity index (χ2v) is 8.03. The Bertz CT molecular complexity index is 1320. The van der Waals surface area contributed by atoms with Crippen LogP contribution in [0.15, 0.2) is 85.2 Å². The summed E-state index contributed by atoms with van der Waals surface area (Å²) in [5.74, 6) is 0.0846. The summed E-state index contributed by atoms with van der Waals surface area (Å²) in [6.45, 7) is 0.575. The first kappa shape index (κ1) is 25.6. The molecule has 2 heterocycles. The second kappa shape index (κ2) is 11.5. The zero-order valence-corrected chi connectivity index (χ0v) is 19.8. The third-order valence-corrected chi connectivity index (χ3v) is 5.52. The summed E-state index contributed by atoms with van der Waals surface area (Å²) in [7, 11) is 1.25. The number of alkyl halides is 3. The number of hydrogen-bond acceptors (Lipinski definition) is 7. The highest BCUT2D eigenvalue weighted by Gasteiger charge is 2.31. The molecule has 4 aromatic rings. The van der Waals surface area contributed by atoms with Crippen LogP contribution in [-0.2, 0) is 22.3 Å². The number of aromatic nitrogens is 3. The van der Waals surface area contributed by atoms with Gasteiger partial charge in [0.05, 0.1) is 24.8 Å². The number of esters is 1. The van der Waals surface area contributed by atoms with Crippen molar-refractivity contribution in [1.82, 2.24) is 15.0 Å². The molecule has 0 fully saturated rings.